The zero-order chi connectivity index (χ0) is 19.5. The van der Waals surface area contributed by atoms with Crippen LogP contribution in [-0.4, -0.2) is 54.5 Å². The number of aromatic nitrogens is 1. The molecule has 5 nitrogen and oxygen atoms in total. The average Bonchev–Trinajstić information content (AvgIpc) is 2.55. The van der Waals surface area contributed by atoms with Gasteiger partial charge in [0.1, 0.15) is 5.56 Å². The Morgan fingerprint density at radius 1 is 1.38 bits per heavy atom. The van der Waals surface area contributed by atoms with Gasteiger partial charge in [-0.3, -0.25) is 4.79 Å². The van der Waals surface area contributed by atoms with Crippen molar-refractivity contribution < 1.29 is 31.5 Å². The topological polar surface area (TPSA) is 54.5 Å². The molecule has 1 aliphatic heterocycles. The van der Waals surface area contributed by atoms with E-state index in [1.54, 1.807) is 0 Å². The van der Waals surface area contributed by atoms with Crippen LogP contribution in [0.1, 0.15) is 18.9 Å². The second-order valence-electron chi connectivity index (χ2n) is 6.46. The molecule has 0 saturated carbocycles. The molecule has 1 amide bonds. The molecule has 0 aliphatic carbocycles. The maximum atomic E-state index is 14.0. The number of hydrogen-bond donors (Lipinski definition) is 1. The predicted molar refractivity (Wildman–Crippen MR) is 82.9 cm³/mol. The van der Waals surface area contributed by atoms with Gasteiger partial charge in [0.15, 0.2) is 6.61 Å². The second-order valence-corrected chi connectivity index (χ2v) is 6.46. The number of nitrogens with one attached hydrogen (secondary N) is 1. The molecule has 1 N–H and O–H groups in total. The zero-order valence-corrected chi connectivity index (χ0v) is 14.3. The number of hydrogen-bond acceptors (Lipinski definition) is 4. The summed E-state index contributed by atoms with van der Waals surface area (Å²) in [5.41, 5.74) is -1.28. The molecule has 10 heteroatoms. The maximum Gasteiger partial charge on any atom is 0.421 e. The quantitative estimate of drug-likeness (QED) is 0.797. The van der Waals surface area contributed by atoms with Crippen molar-refractivity contribution in [3.05, 3.63) is 23.9 Å². The van der Waals surface area contributed by atoms with Crippen molar-refractivity contribution in [2.75, 3.05) is 26.7 Å². The van der Waals surface area contributed by atoms with E-state index in [4.69, 9.17) is 0 Å². The van der Waals surface area contributed by atoms with E-state index in [1.807, 2.05) is 18.9 Å². The number of rotatable bonds is 5. The molecule has 2 rings (SSSR count). The summed E-state index contributed by atoms with van der Waals surface area (Å²) in [6.07, 6.45) is -3.30. The number of piperidine rings is 1. The molecule has 2 atom stereocenters. The van der Waals surface area contributed by atoms with Crippen molar-refractivity contribution >= 4 is 5.91 Å². The number of halogens is 5. The summed E-state index contributed by atoms with van der Waals surface area (Å²) >= 11 is 0. The molecule has 1 aliphatic rings. The number of amides is 1. The van der Waals surface area contributed by atoms with Crippen LogP contribution in [-0.2, 0) is 11.0 Å². The molecule has 26 heavy (non-hydrogen) atoms. The summed E-state index contributed by atoms with van der Waals surface area (Å²) in [4.78, 5) is 17.2. The number of nitrogens with zero attached hydrogens (tertiary/aromatic N) is 2. The SMILES string of the molecule is C[C@@H]1CN(C)CC[C@H]1NC(=O)C(F)(F)COc1ncccc1C(F)(F)F. The highest BCUT2D eigenvalue weighted by Crippen LogP contribution is 2.35. The first-order chi connectivity index (χ1) is 12.0. The minimum Gasteiger partial charge on any atom is -0.470 e. The largest absolute Gasteiger partial charge is 0.470 e. The fraction of sp³-hybridized carbons (Fsp3) is 0.625. The van der Waals surface area contributed by atoms with Gasteiger partial charge in [-0.2, -0.15) is 22.0 Å². The third kappa shape index (κ3) is 5.03. The Hall–Kier alpha value is -1.97. The van der Waals surface area contributed by atoms with Gasteiger partial charge in [-0.05, 0) is 38.1 Å². The van der Waals surface area contributed by atoms with E-state index < -0.39 is 42.1 Å². The summed E-state index contributed by atoms with van der Waals surface area (Å²) in [5, 5.41) is 2.27. The second kappa shape index (κ2) is 7.73. The Balaban J connectivity index is 1.99. The summed E-state index contributed by atoms with van der Waals surface area (Å²) < 4.78 is 71.1. The number of carbonyl (C=O) groups is 1. The Bertz CT molecular complexity index is 639. The first-order valence-electron chi connectivity index (χ1n) is 8.03. The van der Waals surface area contributed by atoms with E-state index in [9.17, 15) is 26.7 Å². The van der Waals surface area contributed by atoms with Crippen LogP contribution in [0.15, 0.2) is 18.3 Å². The first kappa shape index (κ1) is 20.3. The van der Waals surface area contributed by atoms with Crippen molar-refractivity contribution in [1.29, 1.82) is 0 Å². The zero-order valence-electron chi connectivity index (χ0n) is 14.3. The van der Waals surface area contributed by atoms with E-state index in [-0.39, 0.29) is 5.92 Å². The van der Waals surface area contributed by atoms with E-state index in [2.05, 4.69) is 15.0 Å². The monoisotopic (exact) mass is 381 g/mol. The Morgan fingerprint density at radius 2 is 2.08 bits per heavy atom. The summed E-state index contributed by atoms with van der Waals surface area (Å²) in [6, 6.07) is 1.26. The number of alkyl halides is 5. The lowest BCUT2D eigenvalue weighted by molar-refractivity contribution is -0.152. The fourth-order valence-corrected chi connectivity index (χ4v) is 2.79. The third-order valence-corrected chi connectivity index (χ3v) is 4.22. The molecule has 146 valence electrons. The fourth-order valence-electron chi connectivity index (χ4n) is 2.79. The van der Waals surface area contributed by atoms with Gasteiger partial charge < -0.3 is 15.0 Å². The van der Waals surface area contributed by atoms with Crippen molar-refractivity contribution in [3.63, 3.8) is 0 Å². The Morgan fingerprint density at radius 3 is 2.69 bits per heavy atom. The summed E-state index contributed by atoms with van der Waals surface area (Å²) in [5.74, 6) is -6.56. The van der Waals surface area contributed by atoms with Gasteiger partial charge in [-0.25, -0.2) is 4.98 Å². The van der Waals surface area contributed by atoms with Crippen molar-refractivity contribution in [2.45, 2.75) is 31.5 Å². The van der Waals surface area contributed by atoms with Gasteiger partial charge in [0, 0.05) is 18.8 Å². The smallest absolute Gasteiger partial charge is 0.421 e. The van der Waals surface area contributed by atoms with Gasteiger partial charge in [-0.15, -0.1) is 0 Å². The minimum atomic E-state index is -4.80. The first-order valence-corrected chi connectivity index (χ1v) is 8.03. The molecule has 1 aromatic rings. The summed E-state index contributed by atoms with van der Waals surface area (Å²) in [6.45, 7) is 1.61. The van der Waals surface area contributed by atoms with Crippen LogP contribution in [0.4, 0.5) is 22.0 Å². The number of pyridine rings is 1. The van der Waals surface area contributed by atoms with E-state index in [0.29, 0.717) is 25.6 Å². The van der Waals surface area contributed by atoms with Crippen LogP contribution in [0, 0.1) is 5.92 Å². The molecule has 1 saturated heterocycles. The van der Waals surface area contributed by atoms with Gasteiger partial charge in [0.2, 0.25) is 5.88 Å². The molecule has 0 spiro atoms. The lowest BCUT2D eigenvalue weighted by Gasteiger charge is -2.35. The molecule has 1 aromatic heterocycles. The number of ether oxygens (including phenoxy) is 1. The molecule has 0 bridgehead atoms. The Kier molecular flexibility index (Phi) is 6.05. The van der Waals surface area contributed by atoms with Crippen LogP contribution in [0.5, 0.6) is 5.88 Å². The van der Waals surface area contributed by atoms with Gasteiger partial charge in [-0.1, -0.05) is 6.92 Å². The summed E-state index contributed by atoms with van der Waals surface area (Å²) in [7, 11) is 1.89. The highest BCUT2D eigenvalue weighted by Gasteiger charge is 2.43. The van der Waals surface area contributed by atoms with E-state index in [0.717, 1.165) is 12.3 Å². The lowest BCUT2D eigenvalue weighted by atomic mass is 9.94. The van der Waals surface area contributed by atoms with E-state index in [1.165, 1.54) is 0 Å². The molecule has 0 radical (unpaired) electrons. The molecular formula is C16H20F5N3O2. The third-order valence-electron chi connectivity index (χ3n) is 4.22. The van der Waals surface area contributed by atoms with Crippen molar-refractivity contribution in [2.24, 2.45) is 5.92 Å². The Labute approximate surface area is 147 Å². The van der Waals surface area contributed by atoms with Crippen LogP contribution in [0.25, 0.3) is 0 Å². The average molecular weight is 381 g/mol. The predicted octanol–water partition coefficient (Wildman–Crippen LogP) is 2.57. The minimum absolute atomic E-state index is 0.0259. The number of carbonyl (C=O) groups excluding carboxylic acids is 1. The van der Waals surface area contributed by atoms with Gasteiger partial charge in [0.25, 0.3) is 5.91 Å². The van der Waals surface area contributed by atoms with Crippen molar-refractivity contribution in [1.82, 2.24) is 15.2 Å². The van der Waals surface area contributed by atoms with Crippen molar-refractivity contribution in [3.8, 4) is 5.88 Å². The molecule has 0 unspecified atom stereocenters. The molecular weight excluding hydrogens is 361 g/mol. The highest BCUT2D eigenvalue weighted by atomic mass is 19.4. The molecule has 2 heterocycles. The van der Waals surface area contributed by atoms with E-state index >= 15 is 0 Å². The van der Waals surface area contributed by atoms with Gasteiger partial charge >= 0.3 is 12.1 Å². The van der Waals surface area contributed by atoms with Gasteiger partial charge in [0.05, 0.1) is 0 Å². The highest BCUT2D eigenvalue weighted by molar-refractivity contribution is 5.83. The van der Waals surface area contributed by atoms with Crippen LogP contribution < -0.4 is 10.1 Å². The standard InChI is InChI=1S/C16H20F5N3O2/c1-10-8-24(2)7-5-12(10)23-14(25)15(17,18)9-26-13-11(16(19,20)21)4-3-6-22-13/h3-4,6,10,12H,5,7-9H2,1-2H3,(H,23,25)/t10-,12-/m1/s1. The maximum absolute atomic E-state index is 14.0. The normalized spacial score (nSPS) is 22.1. The van der Waals surface area contributed by atoms with Crippen LogP contribution >= 0.6 is 0 Å². The number of likely N-dealkylation sites (tertiary alicyclic amines) is 1. The lowest BCUT2D eigenvalue weighted by Crippen LogP contribution is -2.54. The molecule has 1 fully saturated rings. The molecule has 0 aromatic carbocycles. The van der Waals surface area contributed by atoms with Crippen LogP contribution in [0.3, 0.4) is 0 Å². The van der Waals surface area contributed by atoms with Crippen LogP contribution in [0.2, 0.25) is 0 Å².